The van der Waals surface area contributed by atoms with Crippen molar-refractivity contribution in [3.8, 4) is 0 Å². The number of nitrogens with zero attached hydrogens (tertiary/aromatic N) is 2. The zero-order chi connectivity index (χ0) is 18.6. The minimum Gasteiger partial charge on any atom is -0.383 e. The fourth-order valence-corrected chi connectivity index (χ4v) is 4.04. The Morgan fingerprint density at radius 2 is 2.15 bits per heavy atom. The normalized spacial score (nSPS) is 18.4. The van der Waals surface area contributed by atoms with Crippen LogP contribution < -0.4 is 4.72 Å². The lowest BCUT2D eigenvalue weighted by Crippen LogP contribution is -2.51. The molecule has 3 rings (SSSR count). The molecule has 1 amide bonds. The van der Waals surface area contributed by atoms with Crippen LogP contribution in [0.3, 0.4) is 0 Å². The number of carbonyl (C=O) groups excluding carboxylic acids is 1. The molecule has 1 aliphatic rings. The molecule has 9 heteroatoms. The Balaban J connectivity index is 1.69. The van der Waals surface area contributed by atoms with Crippen LogP contribution in [-0.2, 0) is 24.3 Å². The fourth-order valence-electron chi connectivity index (χ4n) is 2.80. The Morgan fingerprint density at radius 3 is 2.96 bits per heavy atom. The van der Waals surface area contributed by atoms with Gasteiger partial charge in [-0.2, -0.15) is 0 Å². The second-order valence-corrected chi connectivity index (χ2v) is 7.68. The minimum atomic E-state index is -3.75. The molecular weight excluding hydrogens is 358 g/mol. The van der Waals surface area contributed by atoms with Crippen molar-refractivity contribution >= 4 is 26.8 Å². The standard InChI is InChI=1S/C17H21N3O5S/c1-24-9-8-20-11-14(25-12-16(20)21)10-19-26(22,23)15-6-2-4-13-5-3-7-18-17(13)15/h2-7,14,19H,8-12H2,1H3. The number of para-hydroxylation sites is 1. The largest absolute Gasteiger partial charge is 0.383 e. The number of sulfonamides is 1. The molecule has 0 saturated carbocycles. The van der Waals surface area contributed by atoms with Crippen LogP contribution in [0.1, 0.15) is 0 Å². The zero-order valence-electron chi connectivity index (χ0n) is 14.4. The summed E-state index contributed by atoms with van der Waals surface area (Å²) in [5, 5.41) is 0.751. The van der Waals surface area contributed by atoms with Crippen molar-refractivity contribution in [2.75, 3.05) is 40.0 Å². The number of aromatic nitrogens is 1. The Labute approximate surface area is 152 Å². The van der Waals surface area contributed by atoms with E-state index in [1.54, 1.807) is 30.3 Å². The molecule has 1 N–H and O–H groups in total. The van der Waals surface area contributed by atoms with Crippen LogP contribution in [0.5, 0.6) is 0 Å². The van der Waals surface area contributed by atoms with Gasteiger partial charge >= 0.3 is 0 Å². The highest BCUT2D eigenvalue weighted by atomic mass is 32.2. The van der Waals surface area contributed by atoms with Crippen molar-refractivity contribution in [1.29, 1.82) is 0 Å². The third-order valence-electron chi connectivity index (χ3n) is 4.17. The van der Waals surface area contributed by atoms with Gasteiger partial charge in [0.25, 0.3) is 0 Å². The Hall–Kier alpha value is -2.07. The van der Waals surface area contributed by atoms with Crippen LogP contribution in [0.4, 0.5) is 0 Å². The summed E-state index contributed by atoms with van der Waals surface area (Å²) in [4.78, 5) is 17.7. The Bertz CT molecular complexity index is 882. The number of carbonyl (C=O) groups is 1. The van der Waals surface area contributed by atoms with E-state index in [4.69, 9.17) is 9.47 Å². The van der Waals surface area contributed by atoms with Gasteiger partial charge in [0.1, 0.15) is 11.5 Å². The lowest BCUT2D eigenvalue weighted by molar-refractivity contribution is -0.149. The second-order valence-electron chi connectivity index (χ2n) is 5.95. The maximum absolute atomic E-state index is 12.7. The van der Waals surface area contributed by atoms with Crippen LogP contribution in [0.25, 0.3) is 10.9 Å². The molecule has 0 spiro atoms. The molecule has 1 atom stereocenters. The van der Waals surface area contributed by atoms with E-state index in [2.05, 4.69) is 9.71 Å². The molecule has 0 bridgehead atoms. The van der Waals surface area contributed by atoms with E-state index in [1.165, 1.54) is 6.07 Å². The van der Waals surface area contributed by atoms with Crippen LogP contribution >= 0.6 is 0 Å². The summed E-state index contributed by atoms with van der Waals surface area (Å²) in [6.45, 7) is 1.20. The summed E-state index contributed by atoms with van der Waals surface area (Å²) in [6.07, 6.45) is 1.15. The summed E-state index contributed by atoms with van der Waals surface area (Å²) < 4.78 is 38.4. The SMILES string of the molecule is COCCN1CC(CNS(=O)(=O)c2cccc3cccnc23)OCC1=O. The summed E-state index contributed by atoms with van der Waals surface area (Å²) in [6, 6.07) is 8.58. The molecule has 0 radical (unpaired) electrons. The van der Waals surface area contributed by atoms with Crippen molar-refractivity contribution in [3.63, 3.8) is 0 Å². The van der Waals surface area contributed by atoms with Gasteiger partial charge in [0.15, 0.2) is 0 Å². The van der Waals surface area contributed by atoms with E-state index in [-0.39, 0.29) is 24.0 Å². The predicted molar refractivity (Wildman–Crippen MR) is 95.1 cm³/mol. The first kappa shape index (κ1) is 18.7. The molecule has 140 valence electrons. The maximum atomic E-state index is 12.7. The minimum absolute atomic E-state index is 0.0636. The lowest BCUT2D eigenvalue weighted by Gasteiger charge is -2.32. The van der Waals surface area contributed by atoms with Crippen LogP contribution in [0.2, 0.25) is 0 Å². The summed E-state index contributed by atoms with van der Waals surface area (Å²) >= 11 is 0. The van der Waals surface area contributed by atoms with Gasteiger partial charge in [-0.05, 0) is 12.1 Å². The number of methoxy groups -OCH3 is 1. The van der Waals surface area contributed by atoms with Crippen LogP contribution in [0, 0.1) is 0 Å². The van der Waals surface area contributed by atoms with E-state index in [0.717, 1.165) is 5.39 Å². The van der Waals surface area contributed by atoms with E-state index in [9.17, 15) is 13.2 Å². The summed E-state index contributed by atoms with van der Waals surface area (Å²) in [5.74, 6) is -0.126. The summed E-state index contributed by atoms with van der Waals surface area (Å²) in [5.41, 5.74) is 0.420. The molecule has 1 fully saturated rings. The van der Waals surface area contributed by atoms with Gasteiger partial charge in [-0.1, -0.05) is 18.2 Å². The summed E-state index contributed by atoms with van der Waals surface area (Å²) in [7, 11) is -2.19. The highest BCUT2D eigenvalue weighted by Gasteiger charge is 2.28. The van der Waals surface area contributed by atoms with Gasteiger partial charge in [-0.3, -0.25) is 9.78 Å². The molecule has 1 unspecified atom stereocenters. The molecule has 26 heavy (non-hydrogen) atoms. The van der Waals surface area contributed by atoms with Gasteiger partial charge in [-0.25, -0.2) is 13.1 Å². The monoisotopic (exact) mass is 379 g/mol. The van der Waals surface area contributed by atoms with E-state index < -0.39 is 16.1 Å². The van der Waals surface area contributed by atoms with Gasteiger partial charge in [0, 0.05) is 38.3 Å². The quantitative estimate of drug-likeness (QED) is 0.747. The molecule has 2 aromatic rings. The molecule has 8 nitrogen and oxygen atoms in total. The third kappa shape index (κ3) is 4.18. The predicted octanol–water partition coefficient (Wildman–Crippen LogP) is 0.387. The first-order chi connectivity index (χ1) is 12.5. The van der Waals surface area contributed by atoms with E-state index >= 15 is 0 Å². The van der Waals surface area contributed by atoms with Crippen LogP contribution in [-0.4, -0.2) is 70.3 Å². The first-order valence-electron chi connectivity index (χ1n) is 8.23. The average Bonchev–Trinajstić information content (AvgIpc) is 2.66. The van der Waals surface area contributed by atoms with E-state index in [1.807, 2.05) is 12.1 Å². The fraction of sp³-hybridized carbons (Fsp3) is 0.412. The number of pyridine rings is 1. The first-order valence-corrected chi connectivity index (χ1v) is 9.71. The smallest absolute Gasteiger partial charge is 0.248 e. The van der Waals surface area contributed by atoms with E-state index in [0.29, 0.717) is 25.2 Å². The highest BCUT2D eigenvalue weighted by molar-refractivity contribution is 7.89. The van der Waals surface area contributed by atoms with Gasteiger partial charge in [-0.15, -0.1) is 0 Å². The van der Waals surface area contributed by atoms with Crippen molar-refractivity contribution in [2.24, 2.45) is 0 Å². The molecular formula is C17H21N3O5S. The third-order valence-corrected chi connectivity index (χ3v) is 5.63. The second kappa shape index (κ2) is 8.09. The molecule has 1 aromatic carbocycles. The number of rotatable bonds is 7. The molecule has 0 aliphatic carbocycles. The van der Waals surface area contributed by atoms with Crippen LogP contribution in [0.15, 0.2) is 41.4 Å². The molecule has 1 aliphatic heterocycles. The Kier molecular flexibility index (Phi) is 5.82. The number of nitrogens with one attached hydrogen (secondary N) is 1. The number of ether oxygens (including phenoxy) is 2. The number of amides is 1. The number of benzene rings is 1. The molecule has 1 aromatic heterocycles. The van der Waals surface area contributed by atoms with Crippen molar-refractivity contribution < 1.29 is 22.7 Å². The van der Waals surface area contributed by atoms with Gasteiger partial charge in [0.05, 0.1) is 18.2 Å². The maximum Gasteiger partial charge on any atom is 0.248 e. The lowest BCUT2D eigenvalue weighted by atomic mass is 10.2. The van der Waals surface area contributed by atoms with Gasteiger partial charge in [0.2, 0.25) is 15.9 Å². The number of hydrogen-bond donors (Lipinski definition) is 1. The number of morpholine rings is 1. The molecule has 2 heterocycles. The van der Waals surface area contributed by atoms with Crippen molar-refractivity contribution in [3.05, 3.63) is 36.5 Å². The average molecular weight is 379 g/mol. The Morgan fingerprint density at radius 1 is 1.35 bits per heavy atom. The number of fused-ring (bicyclic) bond motifs is 1. The van der Waals surface area contributed by atoms with Crippen molar-refractivity contribution in [1.82, 2.24) is 14.6 Å². The molecule has 1 saturated heterocycles. The van der Waals surface area contributed by atoms with Crippen molar-refractivity contribution in [2.45, 2.75) is 11.0 Å². The number of hydrogen-bond acceptors (Lipinski definition) is 6. The van der Waals surface area contributed by atoms with Gasteiger partial charge < -0.3 is 14.4 Å². The highest BCUT2D eigenvalue weighted by Crippen LogP contribution is 2.20. The zero-order valence-corrected chi connectivity index (χ0v) is 15.2. The topological polar surface area (TPSA) is 97.8 Å².